The first-order valence-electron chi connectivity index (χ1n) is 10.6. The molecule has 5 nitrogen and oxygen atoms in total. The third-order valence-electron chi connectivity index (χ3n) is 5.58. The summed E-state index contributed by atoms with van der Waals surface area (Å²) >= 11 is 7.38. The van der Waals surface area contributed by atoms with Gasteiger partial charge in [0.05, 0.1) is 18.8 Å². The topological polar surface area (TPSA) is 50.5 Å². The van der Waals surface area contributed by atoms with Gasteiger partial charge in [-0.3, -0.25) is 4.98 Å². The highest BCUT2D eigenvalue weighted by molar-refractivity contribution is 7.99. The summed E-state index contributed by atoms with van der Waals surface area (Å²) in [6.45, 7) is 2.08. The molecule has 166 valence electrons. The number of methoxy groups -OCH3 is 1. The van der Waals surface area contributed by atoms with Gasteiger partial charge in [-0.25, -0.2) is 0 Å². The van der Waals surface area contributed by atoms with E-state index in [0.717, 1.165) is 32.9 Å². The highest BCUT2D eigenvalue weighted by Gasteiger charge is 2.42. The smallest absolute Gasteiger partial charge is 0.174 e. The summed E-state index contributed by atoms with van der Waals surface area (Å²) in [6, 6.07) is 25.9. The van der Waals surface area contributed by atoms with Crippen molar-refractivity contribution in [3.05, 3.63) is 102 Å². The van der Waals surface area contributed by atoms with Crippen molar-refractivity contribution in [1.29, 1.82) is 0 Å². The first-order chi connectivity index (χ1) is 16.1. The van der Waals surface area contributed by atoms with E-state index in [-0.39, 0.29) is 12.1 Å². The van der Waals surface area contributed by atoms with E-state index in [9.17, 15) is 0 Å². The van der Waals surface area contributed by atoms with Crippen LogP contribution in [-0.2, 0) is 0 Å². The maximum absolute atomic E-state index is 6.37. The Hall–Kier alpha value is -3.29. The lowest BCUT2D eigenvalue weighted by Crippen LogP contribution is -2.29. The van der Waals surface area contributed by atoms with E-state index < -0.39 is 0 Å². The van der Waals surface area contributed by atoms with Crippen molar-refractivity contribution < 1.29 is 9.15 Å². The first-order valence-corrected chi connectivity index (χ1v) is 11.8. The van der Waals surface area contributed by atoms with Crippen molar-refractivity contribution in [3.8, 4) is 5.75 Å². The van der Waals surface area contributed by atoms with Crippen LogP contribution in [0.1, 0.15) is 29.1 Å². The van der Waals surface area contributed by atoms with Gasteiger partial charge >= 0.3 is 0 Å². The molecule has 33 heavy (non-hydrogen) atoms. The number of hydrogen-bond acceptors (Lipinski definition) is 5. The second-order valence-electron chi connectivity index (χ2n) is 7.77. The normalized spacial score (nSPS) is 17.8. The molecule has 0 amide bonds. The quantitative estimate of drug-likeness (QED) is 0.329. The van der Waals surface area contributed by atoms with Crippen molar-refractivity contribution in [1.82, 2.24) is 10.3 Å². The number of hydrogen-bond donors (Lipinski definition) is 1. The highest BCUT2D eigenvalue weighted by atomic mass is 32.2. The van der Waals surface area contributed by atoms with Gasteiger partial charge in [0, 0.05) is 16.8 Å². The largest absolute Gasteiger partial charge is 0.497 e. The third-order valence-corrected chi connectivity index (χ3v) is 6.82. The molecule has 1 N–H and O–H groups in total. The Morgan fingerprint density at radius 1 is 1.00 bits per heavy atom. The molecular weight excluding hydrogens is 450 g/mol. The van der Waals surface area contributed by atoms with E-state index in [1.54, 1.807) is 25.1 Å². The molecule has 5 rings (SSSR count). The summed E-state index contributed by atoms with van der Waals surface area (Å²) in [4.78, 5) is 7.82. The zero-order valence-corrected chi connectivity index (χ0v) is 19.9. The average Bonchev–Trinajstić information content (AvgIpc) is 3.45. The molecular formula is C26H23N3O2S2. The predicted octanol–water partition coefficient (Wildman–Crippen LogP) is 6.32. The maximum Gasteiger partial charge on any atom is 0.174 e. The lowest BCUT2D eigenvalue weighted by atomic mass is 10.0. The number of ether oxygens (including phenoxy) is 1. The van der Waals surface area contributed by atoms with Crippen LogP contribution < -0.4 is 15.0 Å². The molecule has 1 aliphatic rings. The summed E-state index contributed by atoms with van der Waals surface area (Å²) in [5.41, 5.74) is 3.10. The molecule has 1 aliphatic heterocycles. The predicted molar refractivity (Wildman–Crippen MR) is 135 cm³/mol. The van der Waals surface area contributed by atoms with E-state index in [0.29, 0.717) is 5.11 Å². The van der Waals surface area contributed by atoms with Crippen molar-refractivity contribution in [2.24, 2.45) is 0 Å². The molecule has 0 spiro atoms. The van der Waals surface area contributed by atoms with E-state index in [1.807, 2.05) is 54.6 Å². The van der Waals surface area contributed by atoms with Crippen LogP contribution in [0.3, 0.4) is 0 Å². The van der Waals surface area contributed by atoms with Crippen molar-refractivity contribution >= 4 is 34.8 Å². The first kappa shape index (κ1) is 21.6. The summed E-state index contributed by atoms with van der Waals surface area (Å²) in [5.74, 6) is 1.62. The molecule has 0 saturated carbocycles. The van der Waals surface area contributed by atoms with E-state index in [2.05, 4.69) is 46.4 Å². The zero-order chi connectivity index (χ0) is 22.8. The van der Waals surface area contributed by atoms with Gasteiger partial charge in [-0.1, -0.05) is 35.5 Å². The molecule has 1 saturated heterocycles. The molecule has 1 fully saturated rings. The van der Waals surface area contributed by atoms with Crippen LogP contribution in [0.5, 0.6) is 5.75 Å². The molecule has 0 aliphatic carbocycles. The number of nitrogens with zero attached hydrogens (tertiary/aromatic N) is 2. The van der Waals surface area contributed by atoms with Crippen molar-refractivity contribution in [2.45, 2.75) is 29.0 Å². The molecule has 2 aromatic carbocycles. The number of aryl methyl sites for hydroxylation is 1. The minimum atomic E-state index is -0.187. The number of nitrogens with one attached hydrogen (secondary N) is 1. The Morgan fingerprint density at radius 2 is 1.79 bits per heavy atom. The number of benzene rings is 2. The summed E-state index contributed by atoms with van der Waals surface area (Å²) in [7, 11) is 1.66. The van der Waals surface area contributed by atoms with Gasteiger partial charge in [-0.15, -0.1) is 0 Å². The second kappa shape index (κ2) is 9.29. The number of furan rings is 1. The average molecular weight is 474 g/mol. The summed E-state index contributed by atoms with van der Waals surface area (Å²) in [5, 5.41) is 4.92. The van der Waals surface area contributed by atoms with Crippen LogP contribution in [0.2, 0.25) is 0 Å². The van der Waals surface area contributed by atoms with Gasteiger partial charge < -0.3 is 19.4 Å². The SMILES string of the molecule is COc1ccc(N2C(=S)N[C@@H](c3ccccn3)[C@@H]2c2ccc(Sc3ccc(C)cc3)o2)cc1. The van der Waals surface area contributed by atoms with Crippen LogP contribution in [0.25, 0.3) is 0 Å². The molecule has 4 aromatic rings. The standard InChI is InChI=1S/C26H23N3O2S2/c1-17-6-12-20(13-7-17)33-23-15-14-22(31-23)25-24(21-5-3-4-16-27-21)28-26(32)29(25)18-8-10-19(30-2)11-9-18/h3-16,24-25H,1-2H3,(H,28,32)/t24-,25-/m0/s1. The van der Waals surface area contributed by atoms with Gasteiger partial charge in [0.25, 0.3) is 0 Å². The van der Waals surface area contributed by atoms with Crippen LogP contribution >= 0.6 is 24.0 Å². The monoisotopic (exact) mass is 473 g/mol. The van der Waals surface area contributed by atoms with Gasteiger partial charge in [0.2, 0.25) is 0 Å². The Labute approximate surface area is 202 Å². The van der Waals surface area contributed by atoms with Gasteiger partial charge in [-0.05, 0) is 79.8 Å². The molecule has 2 aromatic heterocycles. The van der Waals surface area contributed by atoms with Gasteiger partial charge in [-0.2, -0.15) is 0 Å². The fourth-order valence-electron chi connectivity index (χ4n) is 3.94. The third kappa shape index (κ3) is 4.47. The number of rotatable bonds is 6. The lowest BCUT2D eigenvalue weighted by molar-refractivity contribution is 0.383. The van der Waals surface area contributed by atoms with E-state index in [1.165, 1.54) is 5.56 Å². The number of pyridine rings is 1. The number of aromatic nitrogens is 1. The van der Waals surface area contributed by atoms with Gasteiger partial charge in [0.15, 0.2) is 10.2 Å². The Balaban J connectivity index is 1.51. The fraction of sp³-hybridized carbons (Fsp3) is 0.154. The number of anilines is 1. The van der Waals surface area contributed by atoms with E-state index in [4.69, 9.17) is 21.4 Å². The number of thiocarbonyl (C=S) groups is 1. The van der Waals surface area contributed by atoms with Gasteiger partial charge in [0.1, 0.15) is 17.6 Å². The van der Waals surface area contributed by atoms with Crippen LogP contribution in [0.4, 0.5) is 5.69 Å². The Bertz CT molecular complexity index is 1240. The van der Waals surface area contributed by atoms with Crippen LogP contribution in [0.15, 0.2) is 99.5 Å². The zero-order valence-electron chi connectivity index (χ0n) is 18.3. The van der Waals surface area contributed by atoms with E-state index >= 15 is 0 Å². The molecule has 7 heteroatoms. The molecule has 0 radical (unpaired) electrons. The van der Waals surface area contributed by atoms with Crippen molar-refractivity contribution in [3.63, 3.8) is 0 Å². The summed E-state index contributed by atoms with van der Waals surface area (Å²) in [6.07, 6.45) is 1.80. The molecule has 0 bridgehead atoms. The Morgan fingerprint density at radius 3 is 2.48 bits per heavy atom. The minimum Gasteiger partial charge on any atom is -0.497 e. The minimum absolute atomic E-state index is 0.149. The second-order valence-corrected chi connectivity index (χ2v) is 9.23. The molecule has 0 unspecified atom stereocenters. The van der Waals surface area contributed by atoms with Crippen molar-refractivity contribution in [2.75, 3.05) is 12.0 Å². The summed E-state index contributed by atoms with van der Waals surface area (Å²) < 4.78 is 11.7. The molecule has 3 heterocycles. The fourth-order valence-corrected chi connectivity index (χ4v) is 5.06. The maximum atomic E-state index is 6.37. The Kier molecular flexibility index (Phi) is 6.07. The van der Waals surface area contributed by atoms with Crippen LogP contribution in [0, 0.1) is 6.92 Å². The molecule has 2 atom stereocenters. The highest BCUT2D eigenvalue weighted by Crippen LogP contribution is 2.43. The van der Waals surface area contributed by atoms with Crippen LogP contribution in [-0.4, -0.2) is 17.2 Å². The lowest BCUT2D eigenvalue weighted by Gasteiger charge is -2.26.